The number of carbonyl (C=O) groups excluding carboxylic acids is 1. The lowest BCUT2D eigenvalue weighted by Crippen LogP contribution is -2.02. The molecule has 2 aromatic rings. The summed E-state index contributed by atoms with van der Waals surface area (Å²) >= 11 is 3.06. The van der Waals surface area contributed by atoms with Gasteiger partial charge >= 0.3 is 5.97 Å². The predicted molar refractivity (Wildman–Crippen MR) is 59.8 cm³/mol. The summed E-state index contributed by atoms with van der Waals surface area (Å²) < 4.78 is 23.5. The van der Waals surface area contributed by atoms with Crippen molar-refractivity contribution in [1.82, 2.24) is 0 Å². The van der Waals surface area contributed by atoms with Crippen LogP contribution < -0.4 is 0 Å². The Labute approximate surface area is 99.3 Å². The molecule has 0 unspecified atom stereocenters. The highest BCUT2D eigenvalue weighted by Gasteiger charge is 2.14. The van der Waals surface area contributed by atoms with Crippen molar-refractivity contribution >= 4 is 32.9 Å². The zero-order valence-corrected chi connectivity index (χ0v) is 10.0. The number of esters is 1. The molecule has 0 saturated heterocycles. The maximum atomic E-state index is 13.2. The minimum atomic E-state index is -0.546. The first-order valence-corrected chi connectivity index (χ1v) is 5.47. The second-order valence-electron chi connectivity index (χ2n) is 3.14. The lowest BCUT2D eigenvalue weighted by Gasteiger charge is -1.95. The first kappa shape index (κ1) is 11.1. The van der Waals surface area contributed by atoms with E-state index in [1.54, 1.807) is 13.0 Å². The van der Waals surface area contributed by atoms with Crippen molar-refractivity contribution < 1.29 is 18.3 Å². The van der Waals surface area contributed by atoms with E-state index in [9.17, 15) is 9.18 Å². The maximum Gasteiger partial charge on any atom is 0.374 e. The number of hydrogen-bond donors (Lipinski definition) is 0. The normalized spacial score (nSPS) is 10.7. The molecule has 0 radical (unpaired) electrons. The summed E-state index contributed by atoms with van der Waals surface area (Å²) in [7, 11) is 0. The molecular formula is C11H8BrFO3. The van der Waals surface area contributed by atoms with Gasteiger partial charge < -0.3 is 9.15 Å². The van der Waals surface area contributed by atoms with Gasteiger partial charge in [-0.05, 0) is 35.0 Å². The topological polar surface area (TPSA) is 39.4 Å². The standard InChI is InChI=1S/C11H8BrFO3/c1-2-15-11(14)10-4-6-3-7(12)8(13)5-9(6)16-10/h3-5H,2H2,1H3. The van der Waals surface area contributed by atoms with E-state index in [0.29, 0.717) is 15.4 Å². The van der Waals surface area contributed by atoms with Gasteiger partial charge in [-0.15, -0.1) is 0 Å². The number of fused-ring (bicyclic) bond motifs is 1. The molecule has 0 amide bonds. The van der Waals surface area contributed by atoms with Crippen LogP contribution in [0.1, 0.15) is 17.5 Å². The van der Waals surface area contributed by atoms with E-state index in [4.69, 9.17) is 9.15 Å². The van der Waals surface area contributed by atoms with E-state index >= 15 is 0 Å². The smallest absolute Gasteiger partial charge is 0.374 e. The number of rotatable bonds is 2. The van der Waals surface area contributed by atoms with Crippen molar-refractivity contribution in [3.8, 4) is 0 Å². The van der Waals surface area contributed by atoms with Gasteiger partial charge in [-0.1, -0.05) is 0 Å². The van der Waals surface area contributed by atoms with Crippen LogP contribution >= 0.6 is 15.9 Å². The number of carbonyl (C=O) groups is 1. The molecule has 3 nitrogen and oxygen atoms in total. The van der Waals surface area contributed by atoms with Gasteiger partial charge in [0.2, 0.25) is 5.76 Å². The molecule has 84 valence electrons. The minimum Gasteiger partial charge on any atom is -0.460 e. The summed E-state index contributed by atoms with van der Waals surface area (Å²) in [6.07, 6.45) is 0. The van der Waals surface area contributed by atoms with E-state index in [-0.39, 0.29) is 12.4 Å². The molecule has 0 fully saturated rings. The molecule has 0 bridgehead atoms. The molecule has 1 aromatic heterocycles. The van der Waals surface area contributed by atoms with Gasteiger partial charge in [0.25, 0.3) is 0 Å². The van der Waals surface area contributed by atoms with Crippen LogP contribution in [0.15, 0.2) is 27.1 Å². The Hall–Kier alpha value is -1.36. The molecule has 2 rings (SSSR count). The Kier molecular flexibility index (Phi) is 2.96. The quantitative estimate of drug-likeness (QED) is 0.793. The maximum absolute atomic E-state index is 13.2. The molecule has 1 heterocycles. The van der Waals surface area contributed by atoms with Gasteiger partial charge in [0.15, 0.2) is 0 Å². The number of ether oxygens (including phenoxy) is 1. The fraction of sp³-hybridized carbons (Fsp3) is 0.182. The number of furan rings is 1. The van der Waals surface area contributed by atoms with E-state index in [1.807, 2.05) is 0 Å². The fourth-order valence-electron chi connectivity index (χ4n) is 1.34. The first-order chi connectivity index (χ1) is 7.61. The molecule has 5 heteroatoms. The lowest BCUT2D eigenvalue weighted by atomic mass is 10.2. The average molecular weight is 287 g/mol. The highest BCUT2D eigenvalue weighted by Crippen LogP contribution is 2.26. The van der Waals surface area contributed by atoms with E-state index in [2.05, 4.69) is 15.9 Å². The van der Waals surface area contributed by atoms with Crippen LogP contribution in [0, 0.1) is 5.82 Å². The molecule has 0 aliphatic heterocycles. The summed E-state index contributed by atoms with van der Waals surface area (Å²) in [5, 5.41) is 0.649. The molecule has 0 aliphatic carbocycles. The summed E-state index contributed by atoms with van der Waals surface area (Å²) in [6, 6.07) is 4.30. The van der Waals surface area contributed by atoms with Gasteiger partial charge in [0.05, 0.1) is 11.1 Å². The predicted octanol–water partition coefficient (Wildman–Crippen LogP) is 3.51. The SMILES string of the molecule is CCOC(=O)c1cc2cc(Br)c(F)cc2o1. The summed E-state index contributed by atoms with van der Waals surface area (Å²) in [5.74, 6) is -0.901. The Morgan fingerprint density at radius 2 is 2.25 bits per heavy atom. The fourth-order valence-corrected chi connectivity index (χ4v) is 1.70. The van der Waals surface area contributed by atoms with Crippen LogP contribution in [0.2, 0.25) is 0 Å². The second kappa shape index (κ2) is 4.25. The van der Waals surface area contributed by atoms with Crippen molar-refractivity contribution in [2.24, 2.45) is 0 Å². The Bertz CT molecular complexity index is 508. The largest absolute Gasteiger partial charge is 0.460 e. The van der Waals surface area contributed by atoms with Crippen molar-refractivity contribution in [1.29, 1.82) is 0 Å². The zero-order valence-electron chi connectivity index (χ0n) is 8.42. The average Bonchev–Trinajstić information content (AvgIpc) is 2.62. The van der Waals surface area contributed by atoms with Gasteiger partial charge in [-0.2, -0.15) is 0 Å². The Morgan fingerprint density at radius 1 is 1.50 bits per heavy atom. The minimum absolute atomic E-state index is 0.0781. The Balaban J connectivity index is 2.48. The number of hydrogen-bond acceptors (Lipinski definition) is 3. The Morgan fingerprint density at radius 3 is 2.94 bits per heavy atom. The van der Waals surface area contributed by atoms with Crippen molar-refractivity contribution in [3.63, 3.8) is 0 Å². The zero-order chi connectivity index (χ0) is 11.7. The van der Waals surface area contributed by atoms with E-state index < -0.39 is 11.8 Å². The molecule has 16 heavy (non-hydrogen) atoms. The van der Waals surface area contributed by atoms with Crippen molar-refractivity contribution in [3.05, 3.63) is 34.2 Å². The van der Waals surface area contributed by atoms with Crippen LogP contribution in [0.4, 0.5) is 4.39 Å². The molecule has 0 N–H and O–H groups in total. The van der Waals surface area contributed by atoms with Crippen molar-refractivity contribution in [2.75, 3.05) is 6.61 Å². The van der Waals surface area contributed by atoms with E-state index in [0.717, 1.165) is 0 Å². The highest BCUT2D eigenvalue weighted by atomic mass is 79.9. The third-order valence-corrected chi connectivity index (χ3v) is 2.64. The van der Waals surface area contributed by atoms with Crippen LogP contribution in [-0.4, -0.2) is 12.6 Å². The summed E-state index contributed by atoms with van der Waals surface area (Å²) in [4.78, 5) is 11.4. The van der Waals surface area contributed by atoms with Gasteiger partial charge in [0, 0.05) is 11.5 Å². The molecule has 0 spiro atoms. The molecule has 1 aromatic carbocycles. The summed E-state index contributed by atoms with van der Waals surface area (Å²) in [6.45, 7) is 1.98. The summed E-state index contributed by atoms with van der Waals surface area (Å²) in [5.41, 5.74) is 0.323. The second-order valence-corrected chi connectivity index (χ2v) is 3.99. The van der Waals surface area contributed by atoms with Crippen LogP contribution in [-0.2, 0) is 4.74 Å². The molecular weight excluding hydrogens is 279 g/mol. The van der Waals surface area contributed by atoms with Crippen LogP contribution in [0.5, 0.6) is 0 Å². The van der Waals surface area contributed by atoms with Crippen LogP contribution in [0.3, 0.4) is 0 Å². The van der Waals surface area contributed by atoms with Crippen LogP contribution in [0.25, 0.3) is 11.0 Å². The van der Waals surface area contributed by atoms with Gasteiger partial charge in [-0.25, -0.2) is 9.18 Å². The highest BCUT2D eigenvalue weighted by molar-refractivity contribution is 9.10. The molecule has 0 aliphatic rings. The number of halogens is 2. The number of benzene rings is 1. The van der Waals surface area contributed by atoms with E-state index in [1.165, 1.54) is 12.1 Å². The van der Waals surface area contributed by atoms with Crippen molar-refractivity contribution in [2.45, 2.75) is 6.92 Å². The molecule has 0 atom stereocenters. The van der Waals surface area contributed by atoms with Gasteiger partial charge in [-0.3, -0.25) is 0 Å². The first-order valence-electron chi connectivity index (χ1n) is 4.67. The monoisotopic (exact) mass is 286 g/mol. The third-order valence-electron chi connectivity index (χ3n) is 2.04. The van der Waals surface area contributed by atoms with Gasteiger partial charge in [0.1, 0.15) is 11.4 Å². The molecule has 0 saturated carbocycles. The third kappa shape index (κ3) is 1.95. The lowest BCUT2D eigenvalue weighted by molar-refractivity contribution is 0.0492.